The molecule has 0 saturated heterocycles. The molecule has 4 rings (SSSR count). The van der Waals surface area contributed by atoms with Crippen molar-refractivity contribution in [1.29, 1.82) is 0 Å². The van der Waals surface area contributed by atoms with E-state index in [9.17, 15) is 19.1 Å². The number of carbonyl (C=O) groups excluding carboxylic acids is 1. The molecule has 0 aliphatic heterocycles. The first-order valence-electron chi connectivity index (χ1n) is 10.7. The lowest BCUT2D eigenvalue weighted by Gasteiger charge is -2.33. The molecule has 6 heteroatoms. The molecule has 0 aromatic heterocycles. The molecular weight excluding hydrogens is 419 g/mol. The van der Waals surface area contributed by atoms with Crippen molar-refractivity contribution in [2.75, 3.05) is 20.1 Å². The Bertz CT molecular complexity index is 1150. The quantitative estimate of drug-likeness (QED) is 0.503. The first kappa shape index (κ1) is 22.3. The lowest BCUT2D eigenvalue weighted by molar-refractivity contribution is -0.134. The predicted molar refractivity (Wildman–Crippen MR) is 125 cm³/mol. The molecule has 0 saturated carbocycles. The van der Waals surface area contributed by atoms with Crippen molar-refractivity contribution in [3.05, 3.63) is 108 Å². The number of hydrogen-bond acceptors (Lipinski definition) is 2. The number of carbonyl (C=O) groups is 2. The average Bonchev–Trinajstić information content (AvgIpc) is 3.13. The van der Waals surface area contributed by atoms with E-state index in [0.717, 1.165) is 22.3 Å². The Kier molecular flexibility index (Phi) is 6.27. The van der Waals surface area contributed by atoms with Crippen molar-refractivity contribution in [2.24, 2.45) is 0 Å². The molecule has 33 heavy (non-hydrogen) atoms. The van der Waals surface area contributed by atoms with E-state index in [2.05, 4.69) is 6.58 Å². The van der Waals surface area contributed by atoms with Crippen molar-refractivity contribution in [3.8, 4) is 11.1 Å². The van der Waals surface area contributed by atoms with Crippen LogP contribution in [0.5, 0.6) is 0 Å². The maximum absolute atomic E-state index is 13.6. The third kappa shape index (κ3) is 4.24. The zero-order chi connectivity index (χ0) is 23.5. The first-order valence-corrected chi connectivity index (χ1v) is 10.7. The minimum absolute atomic E-state index is 0.0824. The molecule has 0 spiro atoms. The summed E-state index contributed by atoms with van der Waals surface area (Å²) in [6, 6.07) is 20.1. The normalized spacial score (nSPS) is 13.0. The Labute approximate surface area is 192 Å². The van der Waals surface area contributed by atoms with E-state index >= 15 is 0 Å². The van der Waals surface area contributed by atoms with Gasteiger partial charge in [-0.05, 0) is 39.9 Å². The van der Waals surface area contributed by atoms with E-state index in [1.165, 1.54) is 34.1 Å². The first-order chi connectivity index (χ1) is 15.9. The van der Waals surface area contributed by atoms with E-state index in [1.807, 2.05) is 48.5 Å². The molecular formula is C27H25FN2O3. The fourth-order valence-electron chi connectivity index (χ4n) is 4.54. The molecule has 1 atom stereocenters. The zero-order valence-electron chi connectivity index (χ0n) is 18.3. The summed E-state index contributed by atoms with van der Waals surface area (Å²) in [5.41, 5.74) is 4.59. The molecule has 1 unspecified atom stereocenters. The fraction of sp³-hybridized carbons (Fsp3) is 0.185. The third-order valence-electron chi connectivity index (χ3n) is 6.10. The Hall–Kier alpha value is -3.93. The summed E-state index contributed by atoms with van der Waals surface area (Å²) in [5.74, 6) is -1.08. The maximum atomic E-state index is 13.6. The molecule has 168 valence electrons. The second kappa shape index (κ2) is 9.28. The smallest absolute Gasteiger partial charge is 0.408 e. The number of rotatable bonds is 7. The van der Waals surface area contributed by atoms with E-state index in [-0.39, 0.29) is 19.0 Å². The lowest BCUT2D eigenvalue weighted by Crippen LogP contribution is -2.45. The summed E-state index contributed by atoms with van der Waals surface area (Å²) in [5, 5.41) is 10.2. The summed E-state index contributed by atoms with van der Waals surface area (Å²) in [6.07, 6.45) is 0.361. The standard InChI is InChI=1S/C27H25FN2O3/c1-3-16-29(2)26(31)25(18-12-14-19(28)15-13-18)30(27(32)33)17-24-22-10-6-4-8-20(22)21-9-5-7-11-23(21)24/h3-15,24-25H,1,16-17H2,2H3,(H,32,33). The summed E-state index contributed by atoms with van der Waals surface area (Å²) in [4.78, 5) is 28.5. The molecule has 3 aromatic carbocycles. The molecule has 0 fully saturated rings. The van der Waals surface area contributed by atoms with Crippen molar-refractivity contribution >= 4 is 12.0 Å². The summed E-state index contributed by atoms with van der Waals surface area (Å²) >= 11 is 0. The van der Waals surface area contributed by atoms with Gasteiger partial charge in [0.2, 0.25) is 5.91 Å². The van der Waals surface area contributed by atoms with Crippen molar-refractivity contribution in [2.45, 2.75) is 12.0 Å². The van der Waals surface area contributed by atoms with Crippen LogP contribution in [-0.4, -0.2) is 47.0 Å². The fourth-order valence-corrected chi connectivity index (χ4v) is 4.54. The van der Waals surface area contributed by atoms with Crippen molar-refractivity contribution in [1.82, 2.24) is 9.80 Å². The van der Waals surface area contributed by atoms with Gasteiger partial charge < -0.3 is 10.0 Å². The number of fused-ring (bicyclic) bond motifs is 3. The summed E-state index contributed by atoms with van der Waals surface area (Å²) in [7, 11) is 1.60. The van der Waals surface area contributed by atoms with Gasteiger partial charge in [-0.2, -0.15) is 0 Å². The molecule has 1 aliphatic rings. The number of carboxylic acid groups (broad SMARTS) is 1. The SMILES string of the molecule is C=CCN(C)C(=O)C(c1ccc(F)cc1)N(CC1c2ccccc2-c2ccccc21)C(=O)O. The van der Waals surface area contributed by atoms with Crippen LogP contribution in [0.1, 0.15) is 28.7 Å². The molecule has 0 heterocycles. The van der Waals surface area contributed by atoms with Gasteiger partial charge in [-0.25, -0.2) is 9.18 Å². The second-order valence-corrected chi connectivity index (χ2v) is 8.12. The Morgan fingerprint density at radius 2 is 1.55 bits per heavy atom. The number of nitrogens with zero attached hydrogens (tertiary/aromatic N) is 2. The second-order valence-electron chi connectivity index (χ2n) is 8.12. The highest BCUT2D eigenvalue weighted by Gasteiger charge is 2.38. The Balaban J connectivity index is 1.78. The van der Waals surface area contributed by atoms with Gasteiger partial charge in [0, 0.05) is 26.1 Å². The minimum Gasteiger partial charge on any atom is -0.465 e. The van der Waals surface area contributed by atoms with Crippen LogP contribution in [0.3, 0.4) is 0 Å². The molecule has 0 radical (unpaired) electrons. The number of halogens is 1. The van der Waals surface area contributed by atoms with Crippen LogP contribution in [0.15, 0.2) is 85.5 Å². The third-order valence-corrected chi connectivity index (χ3v) is 6.10. The van der Waals surface area contributed by atoms with Gasteiger partial charge in [0.05, 0.1) is 0 Å². The molecule has 1 aliphatic carbocycles. The van der Waals surface area contributed by atoms with Gasteiger partial charge in [-0.3, -0.25) is 9.69 Å². The monoisotopic (exact) mass is 444 g/mol. The number of benzene rings is 3. The molecule has 0 bridgehead atoms. The number of likely N-dealkylation sites (N-methyl/N-ethyl adjacent to an activating group) is 1. The lowest BCUT2D eigenvalue weighted by atomic mass is 9.94. The highest BCUT2D eigenvalue weighted by Crippen LogP contribution is 2.45. The number of hydrogen-bond donors (Lipinski definition) is 1. The highest BCUT2D eigenvalue weighted by atomic mass is 19.1. The predicted octanol–water partition coefficient (Wildman–Crippen LogP) is 5.30. The van der Waals surface area contributed by atoms with E-state index in [0.29, 0.717) is 5.56 Å². The molecule has 2 amide bonds. The van der Waals surface area contributed by atoms with Crippen LogP contribution < -0.4 is 0 Å². The van der Waals surface area contributed by atoms with Gasteiger partial charge in [-0.15, -0.1) is 6.58 Å². The van der Waals surface area contributed by atoms with Gasteiger partial charge in [0.15, 0.2) is 0 Å². The van der Waals surface area contributed by atoms with E-state index in [1.54, 1.807) is 13.1 Å². The zero-order valence-corrected chi connectivity index (χ0v) is 18.3. The van der Waals surface area contributed by atoms with Crippen molar-refractivity contribution < 1.29 is 19.1 Å². The van der Waals surface area contributed by atoms with Gasteiger partial charge >= 0.3 is 6.09 Å². The Morgan fingerprint density at radius 3 is 2.06 bits per heavy atom. The van der Waals surface area contributed by atoms with Crippen LogP contribution in [0.2, 0.25) is 0 Å². The largest absolute Gasteiger partial charge is 0.465 e. The Morgan fingerprint density at radius 1 is 1.00 bits per heavy atom. The van der Waals surface area contributed by atoms with Gasteiger partial charge in [0.1, 0.15) is 11.9 Å². The number of amides is 2. The van der Waals surface area contributed by atoms with E-state index in [4.69, 9.17) is 0 Å². The topological polar surface area (TPSA) is 60.9 Å². The summed E-state index contributed by atoms with van der Waals surface area (Å²) < 4.78 is 13.6. The maximum Gasteiger partial charge on any atom is 0.408 e. The van der Waals surface area contributed by atoms with Crippen LogP contribution in [-0.2, 0) is 4.79 Å². The van der Waals surface area contributed by atoms with Crippen molar-refractivity contribution in [3.63, 3.8) is 0 Å². The average molecular weight is 445 g/mol. The van der Waals surface area contributed by atoms with Crippen LogP contribution in [0.25, 0.3) is 11.1 Å². The minimum atomic E-state index is -1.22. The molecule has 3 aromatic rings. The highest BCUT2D eigenvalue weighted by molar-refractivity contribution is 5.87. The van der Waals surface area contributed by atoms with Crippen LogP contribution >= 0.6 is 0 Å². The van der Waals surface area contributed by atoms with Gasteiger partial charge in [-0.1, -0.05) is 66.7 Å². The molecule has 5 nitrogen and oxygen atoms in total. The van der Waals surface area contributed by atoms with E-state index < -0.39 is 23.9 Å². The summed E-state index contributed by atoms with van der Waals surface area (Å²) in [6.45, 7) is 4.01. The van der Waals surface area contributed by atoms with Crippen LogP contribution in [0, 0.1) is 5.82 Å². The van der Waals surface area contributed by atoms with Crippen LogP contribution in [0.4, 0.5) is 9.18 Å². The molecule has 1 N–H and O–H groups in total. The van der Waals surface area contributed by atoms with Gasteiger partial charge in [0.25, 0.3) is 0 Å².